The van der Waals surface area contributed by atoms with Gasteiger partial charge in [-0.3, -0.25) is 4.79 Å². The molecule has 2 aromatic heterocycles. The van der Waals surface area contributed by atoms with Crippen LogP contribution in [-0.2, 0) is 11.2 Å². The molecule has 0 saturated heterocycles. The summed E-state index contributed by atoms with van der Waals surface area (Å²) in [6.07, 6.45) is 12.6. The Bertz CT molecular complexity index is 1460. The number of aromatic nitrogens is 4. The molecule has 0 saturated carbocycles. The fourth-order valence-electron chi connectivity index (χ4n) is 4.49. The van der Waals surface area contributed by atoms with Crippen LogP contribution in [0.15, 0.2) is 73.3 Å². The van der Waals surface area contributed by atoms with E-state index < -0.39 is 17.9 Å². The number of rotatable bonds is 15. The number of hydrogen-bond donors (Lipinski definition) is 2. The van der Waals surface area contributed by atoms with Gasteiger partial charge in [0, 0.05) is 48.3 Å². The van der Waals surface area contributed by atoms with Gasteiger partial charge < -0.3 is 15.2 Å². The highest BCUT2D eigenvalue weighted by molar-refractivity contribution is 5.96. The number of benzene rings is 2. The summed E-state index contributed by atoms with van der Waals surface area (Å²) in [6.45, 7) is 6.85. The quantitative estimate of drug-likeness (QED) is 0.152. The third-order valence-electron chi connectivity index (χ3n) is 7.06. The number of ether oxygens (including phenoxy) is 1. The molecule has 4 rings (SSSR count). The van der Waals surface area contributed by atoms with Crippen molar-refractivity contribution >= 4 is 11.9 Å². The first-order chi connectivity index (χ1) is 20.8. The lowest BCUT2D eigenvalue weighted by atomic mass is 10.0. The molecular formula is C34H39N5O4. The molecule has 0 aliphatic heterocycles. The molecule has 0 radical (unpaired) electrons. The molecule has 0 aliphatic carbocycles. The maximum atomic E-state index is 12.6. The number of unbranched alkanes of at least 4 members (excludes halogenated alkanes) is 4. The van der Waals surface area contributed by atoms with Gasteiger partial charge in [-0.05, 0) is 29.7 Å². The number of carbonyl (C=O) groups excluding carboxylic acids is 1. The second kappa shape index (κ2) is 15.5. The highest BCUT2D eigenvalue weighted by atomic mass is 16.5. The van der Waals surface area contributed by atoms with E-state index in [-0.39, 0.29) is 17.9 Å². The number of amides is 1. The van der Waals surface area contributed by atoms with Crippen molar-refractivity contribution in [1.82, 2.24) is 25.3 Å². The fraction of sp³-hybridized carbons (Fsp3) is 0.353. The monoisotopic (exact) mass is 581 g/mol. The summed E-state index contributed by atoms with van der Waals surface area (Å²) in [5.41, 5.74) is 3.67. The number of carbonyl (C=O) groups is 2. The third kappa shape index (κ3) is 9.16. The van der Waals surface area contributed by atoms with Crippen LogP contribution in [0.5, 0.6) is 5.75 Å². The molecular weight excluding hydrogens is 542 g/mol. The van der Waals surface area contributed by atoms with Crippen LogP contribution < -0.4 is 10.1 Å². The minimum Gasteiger partial charge on any atom is -0.494 e. The van der Waals surface area contributed by atoms with E-state index in [1.807, 2.05) is 62.4 Å². The van der Waals surface area contributed by atoms with Crippen molar-refractivity contribution in [2.75, 3.05) is 6.61 Å². The van der Waals surface area contributed by atoms with Gasteiger partial charge in [-0.2, -0.15) is 0 Å². The molecule has 0 aliphatic rings. The van der Waals surface area contributed by atoms with E-state index in [4.69, 9.17) is 4.74 Å². The molecule has 224 valence electrons. The van der Waals surface area contributed by atoms with Gasteiger partial charge in [-0.15, -0.1) is 0 Å². The Morgan fingerprint density at radius 3 is 2.02 bits per heavy atom. The number of carboxylic acid groups (broad SMARTS) is 1. The molecule has 0 bridgehead atoms. The maximum Gasteiger partial charge on any atom is 0.326 e. The number of carboxylic acids is 1. The van der Waals surface area contributed by atoms with E-state index >= 15 is 0 Å². The van der Waals surface area contributed by atoms with E-state index in [0.29, 0.717) is 11.6 Å². The van der Waals surface area contributed by atoms with Gasteiger partial charge >= 0.3 is 5.97 Å². The lowest BCUT2D eigenvalue weighted by Crippen LogP contribution is -2.42. The lowest BCUT2D eigenvalue weighted by molar-refractivity contribution is -0.139. The Morgan fingerprint density at radius 2 is 1.42 bits per heavy atom. The zero-order valence-electron chi connectivity index (χ0n) is 25.0. The Hall–Kier alpha value is -4.66. The molecule has 9 nitrogen and oxygen atoms in total. The second-order valence-electron chi connectivity index (χ2n) is 10.8. The van der Waals surface area contributed by atoms with Crippen LogP contribution >= 0.6 is 0 Å². The first kappa shape index (κ1) is 31.3. The molecule has 0 fully saturated rings. The molecule has 2 aromatic carbocycles. The average molecular weight is 582 g/mol. The predicted molar refractivity (Wildman–Crippen MR) is 166 cm³/mol. The first-order valence-electron chi connectivity index (χ1n) is 14.8. The summed E-state index contributed by atoms with van der Waals surface area (Å²) in [7, 11) is 0. The molecule has 0 unspecified atom stereocenters. The normalized spacial score (nSPS) is 11.7. The zero-order valence-corrected chi connectivity index (χ0v) is 25.0. The largest absolute Gasteiger partial charge is 0.494 e. The number of aliphatic carboxylic acids is 1. The van der Waals surface area contributed by atoms with Crippen molar-refractivity contribution in [3.05, 3.63) is 90.3 Å². The molecule has 0 spiro atoms. The maximum absolute atomic E-state index is 12.6. The Labute approximate surface area is 252 Å². The van der Waals surface area contributed by atoms with E-state index in [0.717, 1.165) is 41.0 Å². The zero-order chi connectivity index (χ0) is 30.6. The van der Waals surface area contributed by atoms with E-state index in [1.54, 1.807) is 12.4 Å². The summed E-state index contributed by atoms with van der Waals surface area (Å²) < 4.78 is 5.86. The molecule has 2 N–H and O–H groups in total. The van der Waals surface area contributed by atoms with Gasteiger partial charge in [0.05, 0.1) is 12.2 Å². The van der Waals surface area contributed by atoms with Crippen molar-refractivity contribution in [1.29, 1.82) is 0 Å². The van der Waals surface area contributed by atoms with Crippen molar-refractivity contribution in [3.63, 3.8) is 0 Å². The van der Waals surface area contributed by atoms with Crippen molar-refractivity contribution in [2.45, 2.75) is 71.3 Å². The van der Waals surface area contributed by atoms with Gasteiger partial charge in [0.15, 0.2) is 5.82 Å². The SMILES string of the molecule is CCCCCCCOc1ccc(-c2cnc(-c3ccc(C[C@H](NC(=O)c4cnc(C(C)C)nc4)C(=O)O)cc3)nc2)cc1. The van der Waals surface area contributed by atoms with Crippen LogP contribution in [0.1, 0.15) is 80.5 Å². The molecule has 9 heteroatoms. The molecule has 4 aromatic rings. The second-order valence-corrected chi connectivity index (χ2v) is 10.8. The first-order valence-corrected chi connectivity index (χ1v) is 14.8. The highest BCUT2D eigenvalue weighted by Gasteiger charge is 2.22. The molecule has 43 heavy (non-hydrogen) atoms. The topological polar surface area (TPSA) is 127 Å². The molecule has 2 heterocycles. The van der Waals surface area contributed by atoms with Crippen LogP contribution in [0, 0.1) is 0 Å². The van der Waals surface area contributed by atoms with Crippen molar-refractivity contribution in [2.24, 2.45) is 0 Å². The van der Waals surface area contributed by atoms with Gasteiger partial charge in [-0.25, -0.2) is 24.7 Å². The summed E-state index contributed by atoms with van der Waals surface area (Å²) in [4.78, 5) is 41.9. The number of nitrogens with one attached hydrogen (secondary N) is 1. The Morgan fingerprint density at radius 1 is 0.791 bits per heavy atom. The number of nitrogens with zero attached hydrogens (tertiary/aromatic N) is 4. The lowest BCUT2D eigenvalue weighted by Gasteiger charge is -2.15. The van der Waals surface area contributed by atoms with Crippen LogP contribution in [0.3, 0.4) is 0 Å². The average Bonchev–Trinajstić information content (AvgIpc) is 3.03. The third-order valence-corrected chi connectivity index (χ3v) is 7.06. The van der Waals surface area contributed by atoms with Gasteiger partial charge in [0.1, 0.15) is 17.6 Å². The minimum absolute atomic E-state index is 0.116. The van der Waals surface area contributed by atoms with Crippen LogP contribution in [-0.4, -0.2) is 49.6 Å². The van der Waals surface area contributed by atoms with Crippen molar-refractivity contribution < 1.29 is 19.4 Å². The van der Waals surface area contributed by atoms with Crippen molar-refractivity contribution in [3.8, 4) is 28.3 Å². The van der Waals surface area contributed by atoms with E-state index in [9.17, 15) is 14.7 Å². The summed E-state index contributed by atoms with van der Waals surface area (Å²) in [5.74, 6) is 0.503. The van der Waals surface area contributed by atoms with Gasteiger partial charge in [0.2, 0.25) is 0 Å². The van der Waals surface area contributed by atoms with Crippen LogP contribution in [0.4, 0.5) is 0 Å². The van der Waals surface area contributed by atoms with Crippen LogP contribution in [0.2, 0.25) is 0 Å². The van der Waals surface area contributed by atoms with Crippen LogP contribution in [0.25, 0.3) is 22.5 Å². The standard InChI is InChI=1S/C34H39N5O4/c1-4-5-6-7-8-17-43-29-15-13-25(14-16-29)27-19-37-32(38-20-27)26-11-9-24(10-12-26)18-30(34(41)42)39-33(40)28-21-35-31(23(2)3)36-22-28/h9-16,19-23,30H,4-8,17-18H2,1-3H3,(H,39,40)(H,41,42)/t30-/m0/s1. The van der Waals surface area contributed by atoms with E-state index in [2.05, 4.69) is 32.2 Å². The number of hydrogen-bond acceptors (Lipinski definition) is 7. The van der Waals surface area contributed by atoms with E-state index in [1.165, 1.54) is 38.1 Å². The Kier molecular flexibility index (Phi) is 11.3. The fourth-order valence-corrected chi connectivity index (χ4v) is 4.49. The van der Waals surface area contributed by atoms with Gasteiger partial charge in [0.25, 0.3) is 5.91 Å². The molecule has 1 amide bonds. The minimum atomic E-state index is -1.13. The summed E-state index contributed by atoms with van der Waals surface area (Å²) >= 11 is 0. The molecule has 1 atom stereocenters. The summed E-state index contributed by atoms with van der Waals surface area (Å²) in [5, 5.41) is 12.3. The van der Waals surface area contributed by atoms with Gasteiger partial charge in [-0.1, -0.05) is 82.9 Å². The predicted octanol–water partition coefficient (Wildman–Crippen LogP) is 6.50. The Balaban J connectivity index is 1.32. The summed E-state index contributed by atoms with van der Waals surface area (Å²) in [6, 6.07) is 14.2. The highest BCUT2D eigenvalue weighted by Crippen LogP contribution is 2.24. The smallest absolute Gasteiger partial charge is 0.326 e.